The smallest absolute Gasteiger partial charge is 0.238 e. The molecule has 1 fully saturated rings. The van der Waals surface area contributed by atoms with Crippen molar-refractivity contribution in [3.8, 4) is 17.0 Å². The predicted octanol–water partition coefficient (Wildman–Crippen LogP) is 4.40. The summed E-state index contributed by atoms with van der Waals surface area (Å²) in [6.45, 7) is 5.50. The summed E-state index contributed by atoms with van der Waals surface area (Å²) in [5, 5.41) is 3.26. The van der Waals surface area contributed by atoms with Gasteiger partial charge in [-0.05, 0) is 42.3 Å². The number of nitrogens with zero attached hydrogens (tertiary/aromatic N) is 4. The summed E-state index contributed by atoms with van der Waals surface area (Å²) in [6, 6.07) is 13.8. The highest BCUT2D eigenvalue weighted by atomic mass is 16.5. The zero-order valence-electron chi connectivity index (χ0n) is 19.3. The molecule has 2 aromatic heterocycles. The standard InChI is InChI=1S/C26H27N5O3/c1-17(2)26(33)31-12-13-34-25-22(31)14-20(16-28-25)29-23-10-7-19(15-27-23)18-5-8-21(9-6-18)30-11-3-4-24(30)32/h5-10,14-17H,3-4,11-13H2,1-2H3,(H,27,29). The lowest BCUT2D eigenvalue weighted by atomic mass is 10.1. The van der Waals surface area contributed by atoms with Gasteiger partial charge in [0.1, 0.15) is 18.1 Å². The molecule has 1 saturated heterocycles. The van der Waals surface area contributed by atoms with Crippen molar-refractivity contribution in [1.29, 1.82) is 0 Å². The van der Waals surface area contributed by atoms with E-state index < -0.39 is 0 Å². The normalized spacial score (nSPS) is 15.3. The molecule has 0 atom stereocenters. The predicted molar refractivity (Wildman–Crippen MR) is 131 cm³/mol. The molecule has 2 amide bonds. The number of pyridine rings is 2. The zero-order valence-corrected chi connectivity index (χ0v) is 19.3. The maximum absolute atomic E-state index is 12.6. The van der Waals surface area contributed by atoms with Gasteiger partial charge >= 0.3 is 0 Å². The van der Waals surface area contributed by atoms with Gasteiger partial charge in [-0.15, -0.1) is 0 Å². The topological polar surface area (TPSA) is 87.7 Å². The zero-order chi connectivity index (χ0) is 23.7. The van der Waals surface area contributed by atoms with Crippen molar-refractivity contribution in [2.75, 3.05) is 34.8 Å². The number of benzene rings is 1. The number of ether oxygens (including phenoxy) is 1. The molecular weight excluding hydrogens is 430 g/mol. The van der Waals surface area contributed by atoms with Crippen molar-refractivity contribution in [2.45, 2.75) is 26.7 Å². The molecule has 0 unspecified atom stereocenters. The highest BCUT2D eigenvalue weighted by molar-refractivity contribution is 5.97. The van der Waals surface area contributed by atoms with Gasteiger partial charge in [0.05, 0.1) is 18.4 Å². The molecule has 2 aliphatic heterocycles. The molecule has 0 bridgehead atoms. The van der Waals surface area contributed by atoms with Crippen LogP contribution >= 0.6 is 0 Å². The fourth-order valence-corrected chi connectivity index (χ4v) is 4.25. The Labute approximate surface area is 198 Å². The Balaban J connectivity index is 1.31. The molecule has 8 nitrogen and oxygen atoms in total. The molecule has 5 rings (SSSR count). The van der Waals surface area contributed by atoms with Gasteiger partial charge in [-0.2, -0.15) is 0 Å². The fourth-order valence-electron chi connectivity index (χ4n) is 4.25. The number of hydrogen-bond acceptors (Lipinski definition) is 6. The quantitative estimate of drug-likeness (QED) is 0.611. The first-order chi connectivity index (χ1) is 16.5. The van der Waals surface area contributed by atoms with E-state index in [1.165, 1.54) is 0 Å². The van der Waals surface area contributed by atoms with Gasteiger partial charge in [0, 0.05) is 36.3 Å². The largest absolute Gasteiger partial charge is 0.474 e. The van der Waals surface area contributed by atoms with Gasteiger partial charge in [-0.25, -0.2) is 9.97 Å². The number of hydrogen-bond donors (Lipinski definition) is 1. The Bertz CT molecular complexity index is 1210. The van der Waals surface area contributed by atoms with Crippen LogP contribution in [0.25, 0.3) is 11.1 Å². The molecule has 0 spiro atoms. The molecule has 34 heavy (non-hydrogen) atoms. The van der Waals surface area contributed by atoms with Crippen LogP contribution in [-0.4, -0.2) is 41.5 Å². The number of nitrogens with one attached hydrogen (secondary N) is 1. The lowest BCUT2D eigenvalue weighted by molar-refractivity contribution is -0.121. The second-order valence-corrected chi connectivity index (χ2v) is 8.79. The van der Waals surface area contributed by atoms with Gasteiger partial charge < -0.3 is 19.9 Å². The van der Waals surface area contributed by atoms with E-state index in [1.54, 1.807) is 11.1 Å². The number of aromatic nitrogens is 2. The molecule has 8 heteroatoms. The molecule has 0 saturated carbocycles. The Kier molecular flexibility index (Phi) is 5.88. The molecule has 1 N–H and O–H groups in total. The number of anilines is 4. The van der Waals surface area contributed by atoms with Crippen LogP contribution in [0.5, 0.6) is 5.88 Å². The van der Waals surface area contributed by atoms with Crippen molar-refractivity contribution in [1.82, 2.24) is 9.97 Å². The first-order valence-electron chi connectivity index (χ1n) is 11.6. The monoisotopic (exact) mass is 457 g/mol. The minimum atomic E-state index is -0.110. The van der Waals surface area contributed by atoms with E-state index >= 15 is 0 Å². The number of fused-ring (bicyclic) bond motifs is 1. The van der Waals surface area contributed by atoms with Crippen LogP contribution in [0.15, 0.2) is 54.9 Å². The average Bonchev–Trinajstić information content (AvgIpc) is 3.29. The van der Waals surface area contributed by atoms with E-state index in [-0.39, 0.29) is 17.7 Å². The molecule has 174 valence electrons. The minimum absolute atomic E-state index is 0.0473. The van der Waals surface area contributed by atoms with Crippen LogP contribution in [0.2, 0.25) is 0 Å². The first kappa shape index (κ1) is 21.9. The van der Waals surface area contributed by atoms with Crippen LogP contribution in [-0.2, 0) is 9.59 Å². The molecule has 4 heterocycles. The van der Waals surface area contributed by atoms with Gasteiger partial charge in [-0.1, -0.05) is 26.0 Å². The summed E-state index contributed by atoms with van der Waals surface area (Å²) in [4.78, 5) is 37.1. The van der Waals surface area contributed by atoms with Crippen LogP contribution in [0, 0.1) is 5.92 Å². The van der Waals surface area contributed by atoms with Crippen LogP contribution in [0.1, 0.15) is 26.7 Å². The Morgan fingerprint density at radius 1 is 1.03 bits per heavy atom. The molecule has 1 aromatic carbocycles. The Morgan fingerprint density at radius 3 is 2.50 bits per heavy atom. The van der Waals surface area contributed by atoms with Crippen LogP contribution < -0.4 is 19.9 Å². The van der Waals surface area contributed by atoms with Gasteiger partial charge in [0.15, 0.2) is 0 Å². The lowest BCUT2D eigenvalue weighted by Gasteiger charge is -2.30. The van der Waals surface area contributed by atoms with E-state index in [0.717, 1.165) is 35.5 Å². The summed E-state index contributed by atoms with van der Waals surface area (Å²) in [7, 11) is 0. The molecule has 2 aliphatic rings. The Morgan fingerprint density at radius 2 is 1.82 bits per heavy atom. The minimum Gasteiger partial charge on any atom is -0.474 e. The highest BCUT2D eigenvalue weighted by Crippen LogP contribution is 2.33. The molecule has 0 radical (unpaired) electrons. The third-order valence-corrected chi connectivity index (χ3v) is 6.06. The second kappa shape index (κ2) is 9.13. The third kappa shape index (κ3) is 4.31. The summed E-state index contributed by atoms with van der Waals surface area (Å²) in [5.41, 5.74) is 4.35. The maximum Gasteiger partial charge on any atom is 0.238 e. The van der Waals surface area contributed by atoms with Crippen LogP contribution in [0.3, 0.4) is 0 Å². The van der Waals surface area contributed by atoms with E-state index in [2.05, 4.69) is 15.3 Å². The van der Waals surface area contributed by atoms with Gasteiger partial charge in [0.2, 0.25) is 17.7 Å². The highest BCUT2D eigenvalue weighted by Gasteiger charge is 2.27. The van der Waals surface area contributed by atoms with E-state index in [9.17, 15) is 9.59 Å². The first-order valence-corrected chi connectivity index (χ1v) is 11.6. The second-order valence-electron chi connectivity index (χ2n) is 8.79. The van der Waals surface area contributed by atoms with Crippen molar-refractivity contribution < 1.29 is 14.3 Å². The molecular formula is C26H27N5O3. The van der Waals surface area contributed by atoms with Crippen molar-refractivity contribution in [3.05, 3.63) is 54.9 Å². The number of rotatable bonds is 5. The van der Waals surface area contributed by atoms with E-state index in [4.69, 9.17) is 4.74 Å². The lowest BCUT2D eigenvalue weighted by Crippen LogP contribution is -2.40. The SMILES string of the molecule is CC(C)C(=O)N1CCOc2ncc(Nc3ccc(-c4ccc(N5CCCC5=O)cc4)cn3)cc21. The van der Waals surface area contributed by atoms with E-state index in [1.807, 2.05) is 67.4 Å². The molecule has 3 aromatic rings. The third-order valence-electron chi connectivity index (χ3n) is 6.06. The number of amides is 2. The van der Waals surface area contributed by atoms with Crippen molar-refractivity contribution in [2.24, 2.45) is 5.92 Å². The van der Waals surface area contributed by atoms with Gasteiger partial charge in [0.25, 0.3) is 0 Å². The molecule has 0 aliphatic carbocycles. The summed E-state index contributed by atoms with van der Waals surface area (Å²) >= 11 is 0. The maximum atomic E-state index is 12.6. The van der Waals surface area contributed by atoms with Crippen molar-refractivity contribution in [3.63, 3.8) is 0 Å². The van der Waals surface area contributed by atoms with Crippen molar-refractivity contribution >= 4 is 34.7 Å². The number of carbonyl (C=O) groups excluding carboxylic acids is 2. The van der Waals surface area contributed by atoms with E-state index in [0.29, 0.717) is 37.0 Å². The average molecular weight is 458 g/mol. The fraction of sp³-hybridized carbons (Fsp3) is 0.308. The summed E-state index contributed by atoms with van der Waals surface area (Å²) in [5.74, 6) is 1.26. The summed E-state index contributed by atoms with van der Waals surface area (Å²) < 4.78 is 5.63. The number of carbonyl (C=O) groups is 2. The van der Waals surface area contributed by atoms with Gasteiger partial charge in [-0.3, -0.25) is 9.59 Å². The Hall–Kier alpha value is -3.94. The summed E-state index contributed by atoms with van der Waals surface area (Å²) in [6.07, 6.45) is 5.02. The van der Waals surface area contributed by atoms with Crippen LogP contribution in [0.4, 0.5) is 22.9 Å².